The van der Waals surface area contributed by atoms with E-state index in [-0.39, 0.29) is 0 Å². The molecule has 0 fully saturated rings. The highest BCUT2D eigenvalue weighted by molar-refractivity contribution is 7.71. The summed E-state index contributed by atoms with van der Waals surface area (Å²) in [5, 5.41) is 0.934. The van der Waals surface area contributed by atoms with E-state index in [9.17, 15) is 9.46 Å². The summed E-state index contributed by atoms with van der Waals surface area (Å²) in [6, 6.07) is 0. The average molecular weight is 219 g/mol. The number of aromatic nitrogens is 1. The summed E-state index contributed by atoms with van der Waals surface area (Å²) in [5.41, 5.74) is 0.696. The van der Waals surface area contributed by atoms with Gasteiger partial charge in [-0.3, -0.25) is 4.57 Å². The van der Waals surface area contributed by atoms with Gasteiger partial charge in [-0.15, -0.1) is 11.3 Å². The van der Waals surface area contributed by atoms with Gasteiger partial charge in [0.1, 0.15) is 4.62 Å². The zero-order valence-corrected chi connectivity index (χ0v) is 9.95. The molecule has 13 heavy (non-hydrogen) atoms. The van der Waals surface area contributed by atoms with Crippen molar-refractivity contribution in [1.82, 2.24) is 4.98 Å². The first-order valence-electron chi connectivity index (χ1n) is 4.10. The normalized spacial score (nSPS) is 16.2. The van der Waals surface area contributed by atoms with Crippen molar-refractivity contribution in [2.75, 3.05) is 6.66 Å². The smallest absolute Gasteiger partial charge is 0.238 e. The van der Waals surface area contributed by atoms with Crippen LogP contribution in [0.3, 0.4) is 0 Å². The molecule has 0 aromatic carbocycles. The van der Waals surface area contributed by atoms with Crippen LogP contribution in [0.25, 0.3) is 0 Å². The fourth-order valence-corrected chi connectivity index (χ4v) is 3.46. The van der Waals surface area contributed by atoms with Crippen LogP contribution in [0.5, 0.6) is 0 Å². The highest BCUT2D eigenvalue weighted by Crippen LogP contribution is 2.38. The van der Waals surface area contributed by atoms with Gasteiger partial charge < -0.3 is 4.89 Å². The SMILES string of the molecule is Cc1nc(C(C)C)sc1P(C)(=O)O. The Bertz CT molecular complexity index is 353. The van der Waals surface area contributed by atoms with Gasteiger partial charge in [0.05, 0.1) is 10.7 Å². The Morgan fingerprint density at radius 1 is 1.54 bits per heavy atom. The zero-order chi connectivity index (χ0) is 10.2. The van der Waals surface area contributed by atoms with E-state index in [1.807, 2.05) is 13.8 Å². The van der Waals surface area contributed by atoms with Crippen LogP contribution in [0.15, 0.2) is 0 Å². The molecule has 0 aliphatic carbocycles. The lowest BCUT2D eigenvalue weighted by Gasteiger charge is -2.00. The van der Waals surface area contributed by atoms with Gasteiger partial charge in [0, 0.05) is 12.6 Å². The molecule has 74 valence electrons. The Balaban J connectivity index is 3.19. The van der Waals surface area contributed by atoms with Crippen LogP contribution in [-0.4, -0.2) is 16.5 Å². The summed E-state index contributed by atoms with van der Waals surface area (Å²) in [6.07, 6.45) is 0. The van der Waals surface area contributed by atoms with E-state index in [1.54, 1.807) is 6.92 Å². The minimum absolute atomic E-state index is 0.323. The highest BCUT2D eigenvalue weighted by Gasteiger charge is 2.22. The topological polar surface area (TPSA) is 50.2 Å². The fourth-order valence-electron chi connectivity index (χ4n) is 1.04. The first kappa shape index (κ1) is 10.9. The van der Waals surface area contributed by atoms with Crippen LogP contribution in [0.1, 0.15) is 30.5 Å². The molecule has 0 aliphatic heterocycles. The van der Waals surface area contributed by atoms with Gasteiger partial charge in [0.25, 0.3) is 0 Å². The second-order valence-electron chi connectivity index (χ2n) is 3.48. The molecule has 1 rings (SSSR count). The molecule has 1 aromatic rings. The molecule has 1 N–H and O–H groups in total. The minimum atomic E-state index is -3.12. The van der Waals surface area contributed by atoms with Gasteiger partial charge in [0.2, 0.25) is 7.37 Å². The van der Waals surface area contributed by atoms with Crippen molar-refractivity contribution in [3.8, 4) is 0 Å². The molecular formula is C8H14NO2PS. The van der Waals surface area contributed by atoms with Crippen LogP contribution in [-0.2, 0) is 4.57 Å². The number of hydrogen-bond donors (Lipinski definition) is 1. The van der Waals surface area contributed by atoms with E-state index in [0.717, 1.165) is 5.01 Å². The Labute approximate surface area is 82.3 Å². The van der Waals surface area contributed by atoms with Crippen LogP contribution in [0.4, 0.5) is 0 Å². The Kier molecular flexibility index (Phi) is 2.95. The van der Waals surface area contributed by atoms with E-state index >= 15 is 0 Å². The fraction of sp³-hybridized carbons (Fsp3) is 0.625. The molecular weight excluding hydrogens is 205 g/mol. The van der Waals surface area contributed by atoms with Gasteiger partial charge in [-0.2, -0.15) is 0 Å². The summed E-state index contributed by atoms with van der Waals surface area (Å²) < 4.78 is 11.9. The number of aryl methyl sites for hydroxylation is 1. The lowest BCUT2D eigenvalue weighted by molar-refractivity contribution is 0.497. The summed E-state index contributed by atoms with van der Waals surface area (Å²) in [4.78, 5) is 13.7. The van der Waals surface area contributed by atoms with E-state index < -0.39 is 7.37 Å². The van der Waals surface area contributed by atoms with Gasteiger partial charge in [-0.25, -0.2) is 4.98 Å². The maximum absolute atomic E-state index is 11.4. The number of rotatable bonds is 2. The highest BCUT2D eigenvalue weighted by atomic mass is 32.1. The summed E-state index contributed by atoms with van der Waals surface area (Å²) in [5.74, 6) is 0.323. The number of hydrogen-bond acceptors (Lipinski definition) is 3. The minimum Gasteiger partial charge on any atom is -0.341 e. The lowest BCUT2D eigenvalue weighted by atomic mass is 10.2. The predicted octanol–water partition coefficient (Wildman–Crippen LogP) is 2.10. The van der Waals surface area contributed by atoms with Crippen LogP contribution < -0.4 is 4.62 Å². The van der Waals surface area contributed by atoms with Gasteiger partial charge >= 0.3 is 0 Å². The second kappa shape index (κ2) is 3.52. The maximum atomic E-state index is 11.4. The summed E-state index contributed by atoms with van der Waals surface area (Å²) in [6.45, 7) is 7.20. The Morgan fingerprint density at radius 2 is 2.08 bits per heavy atom. The molecule has 0 spiro atoms. The Hall–Kier alpha value is -0.180. The molecule has 1 aromatic heterocycles. The van der Waals surface area contributed by atoms with Crippen molar-refractivity contribution in [2.24, 2.45) is 0 Å². The second-order valence-corrected chi connectivity index (χ2v) is 7.02. The molecule has 3 nitrogen and oxygen atoms in total. The predicted molar refractivity (Wildman–Crippen MR) is 56.3 cm³/mol. The molecule has 1 unspecified atom stereocenters. The van der Waals surface area contributed by atoms with Crippen molar-refractivity contribution in [3.05, 3.63) is 10.7 Å². The van der Waals surface area contributed by atoms with Gasteiger partial charge in [-0.1, -0.05) is 13.8 Å². The van der Waals surface area contributed by atoms with E-state index in [4.69, 9.17) is 0 Å². The molecule has 5 heteroatoms. The van der Waals surface area contributed by atoms with Crippen LogP contribution >= 0.6 is 18.7 Å². The lowest BCUT2D eigenvalue weighted by Crippen LogP contribution is -2.00. The molecule has 1 atom stereocenters. The van der Waals surface area contributed by atoms with E-state index in [2.05, 4.69) is 4.98 Å². The van der Waals surface area contributed by atoms with E-state index in [1.165, 1.54) is 18.0 Å². The molecule has 0 saturated carbocycles. The van der Waals surface area contributed by atoms with Crippen LogP contribution in [0.2, 0.25) is 0 Å². The molecule has 0 saturated heterocycles. The number of nitrogens with zero attached hydrogens (tertiary/aromatic N) is 1. The monoisotopic (exact) mass is 219 g/mol. The average Bonchev–Trinajstić information content (AvgIpc) is 2.29. The third-order valence-corrected chi connectivity index (χ3v) is 5.29. The molecule has 0 bridgehead atoms. The van der Waals surface area contributed by atoms with E-state index in [0.29, 0.717) is 16.2 Å². The summed E-state index contributed by atoms with van der Waals surface area (Å²) in [7, 11) is -3.12. The number of thiazole rings is 1. The van der Waals surface area contributed by atoms with Crippen LogP contribution in [0, 0.1) is 6.92 Å². The van der Waals surface area contributed by atoms with Crippen molar-refractivity contribution >= 4 is 23.3 Å². The standard InChI is InChI=1S/C8H14NO2PS/c1-5(2)7-9-6(3)8(13-7)12(4,10)11/h5H,1-4H3,(H,10,11). The molecule has 0 radical (unpaired) electrons. The third kappa shape index (κ3) is 2.39. The molecule has 1 heterocycles. The van der Waals surface area contributed by atoms with Crippen molar-refractivity contribution < 1.29 is 9.46 Å². The molecule has 0 amide bonds. The van der Waals surface area contributed by atoms with Crippen molar-refractivity contribution in [2.45, 2.75) is 26.7 Å². The van der Waals surface area contributed by atoms with Crippen molar-refractivity contribution in [1.29, 1.82) is 0 Å². The maximum Gasteiger partial charge on any atom is 0.238 e. The van der Waals surface area contributed by atoms with Gasteiger partial charge in [-0.05, 0) is 6.92 Å². The molecule has 0 aliphatic rings. The zero-order valence-electron chi connectivity index (χ0n) is 8.24. The summed E-state index contributed by atoms with van der Waals surface area (Å²) >= 11 is 1.35. The van der Waals surface area contributed by atoms with Gasteiger partial charge in [0.15, 0.2) is 0 Å². The first-order valence-corrected chi connectivity index (χ1v) is 7.03. The Morgan fingerprint density at radius 3 is 2.31 bits per heavy atom. The van der Waals surface area contributed by atoms with Crippen molar-refractivity contribution in [3.63, 3.8) is 0 Å². The first-order chi connectivity index (χ1) is 5.82. The third-order valence-electron chi connectivity index (χ3n) is 1.66. The largest absolute Gasteiger partial charge is 0.341 e. The quantitative estimate of drug-likeness (QED) is 0.775.